The lowest BCUT2D eigenvalue weighted by Gasteiger charge is -2.12. The van der Waals surface area contributed by atoms with Gasteiger partial charge in [-0.15, -0.1) is 0 Å². The molecule has 0 aliphatic carbocycles. The summed E-state index contributed by atoms with van der Waals surface area (Å²) in [4.78, 5) is 16.7. The van der Waals surface area contributed by atoms with Gasteiger partial charge in [-0.25, -0.2) is 0 Å². The van der Waals surface area contributed by atoms with Crippen molar-refractivity contribution in [2.24, 2.45) is 0 Å². The smallest absolute Gasteiger partial charge is 0.133 e. The molecule has 2 heterocycles. The fourth-order valence-electron chi connectivity index (χ4n) is 2.03. The Morgan fingerprint density at radius 2 is 2.47 bits per heavy atom. The Labute approximate surface area is 97.6 Å². The van der Waals surface area contributed by atoms with Gasteiger partial charge in [-0.1, -0.05) is 0 Å². The van der Waals surface area contributed by atoms with Gasteiger partial charge in [-0.3, -0.25) is 9.88 Å². The zero-order valence-corrected chi connectivity index (χ0v) is 9.98. The zero-order valence-electron chi connectivity index (χ0n) is 8.40. The normalized spacial score (nSPS) is 21.8. The summed E-state index contributed by atoms with van der Waals surface area (Å²) in [6, 6.07) is 2.11. The lowest BCUT2D eigenvalue weighted by Crippen LogP contribution is -2.22. The van der Waals surface area contributed by atoms with Crippen molar-refractivity contribution < 1.29 is 4.79 Å². The number of hydrogen-bond acceptors (Lipinski definition) is 3. The first-order chi connectivity index (χ1) is 7.29. The number of carbonyl (C=O) groups is 1. The quantitative estimate of drug-likeness (QED) is 0.785. The number of aromatic nitrogens is 1. The van der Waals surface area contributed by atoms with Crippen LogP contribution >= 0.6 is 15.9 Å². The van der Waals surface area contributed by atoms with Gasteiger partial charge >= 0.3 is 0 Å². The van der Waals surface area contributed by atoms with Crippen LogP contribution in [0.1, 0.15) is 17.9 Å². The second-order valence-electron chi connectivity index (χ2n) is 3.85. The molecule has 0 radical (unpaired) electrons. The minimum Gasteiger partial charge on any atom is -0.302 e. The molecule has 1 atom stereocenters. The third-order valence-electron chi connectivity index (χ3n) is 2.80. The molecule has 15 heavy (non-hydrogen) atoms. The molecule has 0 bridgehead atoms. The van der Waals surface area contributed by atoms with Gasteiger partial charge in [0, 0.05) is 23.4 Å². The number of likely N-dealkylation sites (tertiary alicyclic amines) is 1. The molecule has 1 saturated heterocycles. The summed E-state index contributed by atoms with van der Waals surface area (Å²) in [7, 11) is 0. The van der Waals surface area contributed by atoms with Crippen LogP contribution in [0.25, 0.3) is 0 Å². The number of nitrogens with zero attached hydrogens (tertiary/aromatic N) is 2. The highest BCUT2D eigenvalue weighted by Crippen LogP contribution is 2.27. The van der Waals surface area contributed by atoms with Crippen molar-refractivity contribution in [1.82, 2.24) is 9.88 Å². The van der Waals surface area contributed by atoms with Gasteiger partial charge in [-0.2, -0.15) is 0 Å². The van der Waals surface area contributed by atoms with Crippen LogP contribution in [-0.2, 0) is 4.79 Å². The number of pyridine rings is 1. The number of hydrogen-bond donors (Lipinski definition) is 0. The molecule has 4 heteroatoms. The zero-order chi connectivity index (χ0) is 10.7. The average Bonchev–Trinajstić information content (AvgIpc) is 2.67. The number of halogens is 1. The summed E-state index contributed by atoms with van der Waals surface area (Å²) in [5, 5.41) is 0. The molecular weight excluding hydrogens is 256 g/mol. The van der Waals surface area contributed by atoms with E-state index in [0.29, 0.717) is 12.5 Å². The van der Waals surface area contributed by atoms with E-state index in [0.717, 1.165) is 30.3 Å². The van der Waals surface area contributed by atoms with Crippen molar-refractivity contribution in [2.75, 3.05) is 19.6 Å². The predicted molar refractivity (Wildman–Crippen MR) is 61.8 cm³/mol. The van der Waals surface area contributed by atoms with E-state index in [1.165, 1.54) is 5.56 Å². The minimum atomic E-state index is 0.523. The Bertz CT molecular complexity index is 356. The summed E-state index contributed by atoms with van der Waals surface area (Å²) in [5.74, 6) is 0.523. The third-order valence-corrected chi connectivity index (χ3v) is 3.24. The van der Waals surface area contributed by atoms with E-state index >= 15 is 0 Å². The van der Waals surface area contributed by atoms with E-state index < -0.39 is 0 Å². The molecule has 80 valence electrons. The molecule has 1 fully saturated rings. The number of rotatable bonds is 3. The summed E-state index contributed by atoms with van der Waals surface area (Å²) in [6.45, 7) is 2.53. The van der Waals surface area contributed by atoms with E-state index in [4.69, 9.17) is 0 Å². The molecule has 1 aromatic heterocycles. The Hall–Kier alpha value is -0.740. The van der Waals surface area contributed by atoms with Crippen LogP contribution in [0.5, 0.6) is 0 Å². The molecule has 1 unspecified atom stereocenters. The highest BCUT2D eigenvalue weighted by molar-refractivity contribution is 9.10. The molecular formula is C11H13BrN2O. The van der Waals surface area contributed by atoms with E-state index in [1.54, 1.807) is 6.20 Å². The third kappa shape index (κ3) is 2.63. The maximum absolute atomic E-state index is 10.4. The first-order valence-electron chi connectivity index (χ1n) is 5.06. The molecule has 1 aliphatic heterocycles. The van der Waals surface area contributed by atoms with Gasteiger partial charge in [0.15, 0.2) is 0 Å². The molecule has 1 aliphatic rings. The maximum Gasteiger partial charge on any atom is 0.133 e. The van der Waals surface area contributed by atoms with E-state index in [-0.39, 0.29) is 0 Å². The van der Waals surface area contributed by atoms with Crippen LogP contribution in [0.15, 0.2) is 22.9 Å². The largest absolute Gasteiger partial charge is 0.302 e. The first-order valence-corrected chi connectivity index (χ1v) is 5.85. The number of aldehydes is 1. The van der Waals surface area contributed by atoms with Gasteiger partial charge in [0.1, 0.15) is 6.29 Å². The summed E-state index contributed by atoms with van der Waals surface area (Å²) >= 11 is 3.42. The summed E-state index contributed by atoms with van der Waals surface area (Å²) in [6.07, 6.45) is 5.80. The fourth-order valence-corrected chi connectivity index (χ4v) is 2.41. The molecule has 1 aromatic rings. The molecule has 0 amide bonds. The van der Waals surface area contributed by atoms with Crippen LogP contribution in [-0.4, -0.2) is 35.8 Å². The molecule has 0 N–H and O–H groups in total. The van der Waals surface area contributed by atoms with Gasteiger partial charge in [0.25, 0.3) is 0 Å². The standard InChI is InChI=1S/C11H13BrN2O/c12-11-5-10(6-13-7-11)9-1-2-14(8-9)3-4-15/h4-7,9H,1-3,8H2. The Morgan fingerprint density at radius 1 is 1.60 bits per heavy atom. The van der Waals surface area contributed by atoms with Gasteiger partial charge in [-0.05, 0) is 46.4 Å². The molecule has 3 nitrogen and oxygen atoms in total. The summed E-state index contributed by atoms with van der Waals surface area (Å²) in [5.41, 5.74) is 1.26. The van der Waals surface area contributed by atoms with Crippen molar-refractivity contribution in [3.8, 4) is 0 Å². The molecule has 0 spiro atoms. The topological polar surface area (TPSA) is 33.2 Å². The SMILES string of the molecule is O=CCN1CCC(c2cncc(Br)c2)C1. The summed E-state index contributed by atoms with van der Waals surface area (Å²) < 4.78 is 1.02. The van der Waals surface area contributed by atoms with E-state index in [9.17, 15) is 4.79 Å². The molecule has 2 rings (SSSR count). The monoisotopic (exact) mass is 268 g/mol. The van der Waals surface area contributed by atoms with Crippen LogP contribution in [0.4, 0.5) is 0 Å². The number of carbonyl (C=O) groups excluding carboxylic acids is 1. The maximum atomic E-state index is 10.4. The molecule has 0 aromatic carbocycles. The fraction of sp³-hybridized carbons (Fsp3) is 0.455. The van der Waals surface area contributed by atoms with Crippen molar-refractivity contribution in [3.05, 3.63) is 28.5 Å². The van der Waals surface area contributed by atoms with E-state index in [2.05, 4.69) is 31.9 Å². The molecule has 0 saturated carbocycles. The second-order valence-corrected chi connectivity index (χ2v) is 4.76. The predicted octanol–water partition coefficient (Wildman–Crippen LogP) is 1.83. The van der Waals surface area contributed by atoms with Gasteiger partial charge in [0.2, 0.25) is 0 Å². The van der Waals surface area contributed by atoms with Crippen LogP contribution in [0, 0.1) is 0 Å². The lowest BCUT2D eigenvalue weighted by atomic mass is 10.0. The Morgan fingerprint density at radius 3 is 3.20 bits per heavy atom. The highest BCUT2D eigenvalue weighted by atomic mass is 79.9. The Kier molecular flexibility index (Phi) is 3.49. The van der Waals surface area contributed by atoms with Crippen molar-refractivity contribution in [1.29, 1.82) is 0 Å². The van der Waals surface area contributed by atoms with Crippen LogP contribution in [0.2, 0.25) is 0 Å². The Balaban J connectivity index is 2.04. The van der Waals surface area contributed by atoms with Crippen molar-refractivity contribution in [3.63, 3.8) is 0 Å². The van der Waals surface area contributed by atoms with Crippen molar-refractivity contribution >= 4 is 22.2 Å². The van der Waals surface area contributed by atoms with Crippen LogP contribution in [0.3, 0.4) is 0 Å². The average molecular weight is 269 g/mol. The highest BCUT2D eigenvalue weighted by Gasteiger charge is 2.23. The van der Waals surface area contributed by atoms with Gasteiger partial charge in [0.05, 0.1) is 6.54 Å². The van der Waals surface area contributed by atoms with Crippen LogP contribution < -0.4 is 0 Å². The van der Waals surface area contributed by atoms with Crippen molar-refractivity contribution in [2.45, 2.75) is 12.3 Å². The first kappa shape index (κ1) is 10.8. The second kappa shape index (κ2) is 4.86. The van der Waals surface area contributed by atoms with E-state index in [1.807, 2.05) is 6.20 Å². The minimum absolute atomic E-state index is 0.523. The lowest BCUT2D eigenvalue weighted by molar-refractivity contribution is -0.108. The van der Waals surface area contributed by atoms with Gasteiger partial charge < -0.3 is 4.79 Å².